The van der Waals surface area contributed by atoms with Gasteiger partial charge in [-0.3, -0.25) is 0 Å². The number of allylic oxidation sites excluding steroid dienone is 1. The molecule has 0 aromatic rings. The van der Waals surface area contributed by atoms with Crippen molar-refractivity contribution in [1.82, 2.24) is 0 Å². The van der Waals surface area contributed by atoms with Gasteiger partial charge in [0, 0.05) is 0 Å². The van der Waals surface area contributed by atoms with Crippen LogP contribution >= 0.6 is 0 Å². The molecule has 0 spiro atoms. The lowest BCUT2D eigenvalue weighted by molar-refractivity contribution is 0.0686. The third-order valence-corrected chi connectivity index (χ3v) is 2.40. The highest BCUT2D eigenvalue weighted by Crippen LogP contribution is 2.32. The summed E-state index contributed by atoms with van der Waals surface area (Å²) in [6.45, 7) is 7.35. The zero-order valence-electron chi connectivity index (χ0n) is 7.42. The van der Waals surface area contributed by atoms with Gasteiger partial charge in [-0.05, 0) is 31.3 Å². The molecule has 0 aromatic heterocycles. The predicted molar refractivity (Wildman–Crippen MR) is 51.9 cm³/mol. The van der Waals surface area contributed by atoms with Crippen LogP contribution in [0.25, 0.3) is 0 Å². The monoisotopic (exact) mass is 164 g/mol. The van der Waals surface area contributed by atoms with E-state index in [1.807, 2.05) is 0 Å². The lowest BCUT2D eigenvalue weighted by Crippen LogP contribution is -2.31. The van der Waals surface area contributed by atoms with Gasteiger partial charge in [-0.15, -0.1) is 6.58 Å². The molecule has 0 aliphatic heterocycles. The molecule has 1 atom stereocenters. The van der Waals surface area contributed by atoms with Crippen molar-refractivity contribution in [3.05, 3.63) is 37.0 Å². The quantitative estimate of drug-likeness (QED) is 0.636. The normalized spacial score (nSPS) is 29.2. The van der Waals surface area contributed by atoms with Crippen LogP contribution in [0.2, 0.25) is 0 Å². The first kappa shape index (κ1) is 9.27. The molecule has 0 radical (unpaired) electrons. The summed E-state index contributed by atoms with van der Waals surface area (Å²) in [4.78, 5) is 0. The van der Waals surface area contributed by atoms with Crippen molar-refractivity contribution in [2.45, 2.75) is 31.3 Å². The molecule has 0 heterocycles. The Morgan fingerprint density at radius 1 is 1.58 bits per heavy atom. The van der Waals surface area contributed by atoms with Gasteiger partial charge in [-0.25, -0.2) is 0 Å². The van der Waals surface area contributed by atoms with E-state index in [4.69, 9.17) is 0 Å². The van der Waals surface area contributed by atoms with Gasteiger partial charge >= 0.3 is 0 Å². The maximum Gasteiger partial charge on any atom is 0.0927 e. The van der Waals surface area contributed by atoms with Crippen molar-refractivity contribution in [2.24, 2.45) is 0 Å². The van der Waals surface area contributed by atoms with E-state index in [1.54, 1.807) is 12.2 Å². The average molecular weight is 164 g/mol. The number of hydrogen-bond donors (Lipinski definition) is 1. The van der Waals surface area contributed by atoms with Crippen molar-refractivity contribution in [1.29, 1.82) is 0 Å². The number of hydrogen-bond acceptors (Lipinski definition) is 1. The van der Waals surface area contributed by atoms with Gasteiger partial charge in [-0.2, -0.15) is 0 Å². The predicted octanol–water partition coefficient (Wildman–Crippen LogP) is 2.59. The molecular weight excluding hydrogens is 148 g/mol. The van der Waals surface area contributed by atoms with Crippen LogP contribution in [0.3, 0.4) is 0 Å². The minimum atomic E-state index is -0.679. The molecule has 0 amide bonds. The van der Waals surface area contributed by atoms with E-state index in [0.29, 0.717) is 6.42 Å². The van der Waals surface area contributed by atoms with Crippen LogP contribution in [0.15, 0.2) is 37.0 Å². The standard InChI is InChI=1S/C11H16O/c1-3-8-11(12)9-6-5-7-10(11)4-2/h3-4,7,12H,1-2,5-6,8-9H2. The van der Waals surface area contributed by atoms with Gasteiger partial charge in [0.15, 0.2) is 0 Å². The van der Waals surface area contributed by atoms with Crippen LogP contribution in [-0.2, 0) is 0 Å². The molecule has 1 unspecified atom stereocenters. The van der Waals surface area contributed by atoms with Crippen LogP contribution in [0.4, 0.5) is 0 Å². The fraction of sp³-hybridized carbons (Fsp3) is 0.455. The van der Waals surface area contributed by atoms with Crippen LogP contribution in [-0.4, -0.2) is 10.7 Å². The van der Waals surface area contributed by atoms with Gasteiger partial charge in [0.05, 0.1) is 5.60 Å². The summed E-state index contributed by atoms with van der Waals surface area (Å²) in [7, 11) is 0. The van der Waals surface area contributed by atoms with Crippen LogP contribution < -0.4 is 0 Å². The largest absolute Gasteiger partial charge is 0.385 e. The highest BCUT2D eigenvalue weighted by molar-refractivity contribution is 5.30. The van der Waals surface area contributed by atoms with E-state index in [1.165, 1.54) is 0 Å². The summed E-state index contributed by atoms with van der Waals surface area (Å²) in [5, 5.41) is 10.1. The average Bonchev–Trinajstić information content (AvgIpc) is 2.05. The highest BCUT2D eigenvalue weighted by Gasteiger charge is 2.29. The first-order chi connectivity index (χ1) is 5.73. The second kappa shape index (κ2) is 3.72. The molecule has 0 saturated carbocycles. The summed E-state index contributed by atoms with van der Waals surface area (Å²) < 4.78 is 0. The molecule has 0 aromatic carbocycles. The molecule has 1 nitrogen and oxygen atoms in total. The van der Waals surface area contributed by atoms with E-state index in [0.717, 1.165) is 24.8 Å². The molecular formula is C11H16O. The lowest BCUT2D eigenvalue weighted by atomic mass is 9.81. The molecule has 12 heavy (non-hydrogen) atoms. The summed E-state index contributed by atoms with van der Waals surface area (Å²) in [5.41, 5.74) is 0.288. The lowest BCUT2D eigenvalue weighted by Gasteiger charge is -2.31. The van der Waals surface area contributed by atoms with Gasteiger partial charge in [-0.1, -0.05) is 24.8 Å². The van der Waals surface area contributed by atoms with Crippen LogP contribution in [0, 0.1) is 0 Å². The molecule has 0 bridgehead atoms. The zero-order chi connectivity index (χ0) is 9.03. The number of rotatable bonds is 3. The van der Waals surface area contributed by atoms with E-state index in [9.17, 15) is 5.11 Å². The molecule has 1 heteroatoms. The van der Waals surface area contributed by atoms with Gasteiger partial charge in [0.25, 0.3) is 0 Å². The van der Waals surface area contributed by atoms with Crippen LogP contribution in [0.1, 0.15) is 25.7 Å². The Kier molecular flexibility index (Phi) is 2.88. The van der Waals surface area contributed by atoms with Crippen LogP contribution in [0.5, 0.6) is 0 Å². The smallest absolute Gasteiger partial charge is 0.0927 e. The second-order valence-electron chi connectivity index (χ2n) is 3.28. The third-order valence-electron chi connectivity index (χ3n) is 2.40. The van der Waals surface area contributed by atoms with E-state index in [2.05, 4.69) is 19.2 Å². The molecule has 0 fully saturated rings. The fourth-order valence-electron chi connectivity index (χ4n) is 1.72. The second-order valence-corrected chi connectivity index (χ2v) is 3.28. The van der Waals surface area contributed by atoms with Crippen molar-refractivity contribution in [3.63, 3.8) is 0 Å². The molecule has 66 valence electrons. The topological polar surface area (TPSA) is 20.2 Å². The zero-order valence-corrected chi connectivity index (χ0v) is 7.42. The number of aliphatic hydroxyl groups is 1. The molecule has 0 saturated heterocycles. The summed E-state index contributed by atoms with van der Waals surface area (Å²) in [6.07, 6.45) is 9.16. The highest BCUT2D eigenvalue weighted by atomic mass is 16.3. The van der Waals surface area contributed by atoms with E-state index >= 15 is 0 Å². The third kappa shape index (κ3) is 1.67. The summed E-state index contributed by atoms with van der Waals surface area (Å²) >= 11 is 0. The van der Waals surface area contributed by atoms with E-state index in [-0.39, 0.29) is 0 Å². The van der Waals surface area contributed by atoms with Crippen molar-refractivity contribution in [3.8, 4) is 0 Å². The van der Waals surface area contributed by atoms with Crippen molar-refractivity contribution in [2.75, 3.05) is 0 Å². The van der Waals surface area contributed by atoms with E-state index < -0.39 is 5.60 Å². The minimum Gasteiger partial charge on any atom is -0.385 e. The fourth-order valence-corrected chi connectivity index (χ4v) is 1.72. The Labute approximate surface area is 74.1 Å². The first-order valence-electron chi connectivity index (χ1n) is 4.39. The minimum absolute atomic E-state index is 0.630. The Hall–Kier alpha value is -0.820. The Morgan fingerprint density at radius 2 is 2.33 bits per heavy atom. The molecule has 1 rings (SSSR count). The van der Waals surface area contributed by atoms with Crippen molar-refractivity contribution < 1.29 is 5.11 Å². The SMILES string of the molecule is C=CCC1(O)CCCC=C1C=C. The summed E-state index contributed by atoms with van der Waals surface area (Å²) in [6, 6.07) is 0. The Bertz CT molecular complexity index is 215. The molecule has 1 aliphatic carbocycles. The Morgan fingerprint density at radius 3 is 2.92 bits per heavy atom. The van der Waals surface area contributed by atoms with Gasteiger partial charge in [0.1, 0.15) is 0 Å². The Balaban J connectivity index is 2.84. The maximum atomic E-state index is 10.1. The van der Waals surface area contributed by atoms with Gasteiger partial charge < -0.3 is 5.11 Å². The first-order valence-corrected chi connectivity index (χ1v) is 4.39. The maximum absolute atomic E-state index is 10.1. The molecule has 1 aliphatic rings. The van der Waals surface area contributed by atoms with Gasteiger partial charge in [0.2, 0.25) is 0 Å². The summed E-state index contributed by atoms with van der Waals surface area (Å²) in [5.74, 6) is 0. The molecule has 1 N–H and O–H groups in total. The van der Waals surface area contributed by atoms with Crippen molar-refractivity contribution >= 4 is 0 Å².